The van der Waals surface area contributed by atoms with E-state index in [1.54, 1.807) is 25.3 Å². The number of halogens is 5. The van der Waals surface area contributed by atoms with Gasteiger partial charge in [0.05, 0.1) is 11.4 Å². The van der Waals surface area contributed by atoms with Gasteiger partial charge in [0.2, 0.25) is 0 Å². The predicted octanol–water partition coefficient (Wildman–Crippen LogP) is 7.62. The Morgan fingerprint density at radius 2 is 2.02 bits per heavy atom. The molecule has 0 bridgehead atoms. The molecule has 236 valence electrons. The van der Waals surface area contributed by atoms with E-state index in [1.807, 2.05) is 6.08 Å². The molecule has 1 fully saturated rings. The van der Waals surface area contributed by atoms with Gasteiger partial charge in [-0.1, -0.05) is 17.3 Å². The molecule has 2 aliphatic rings. The molecular weight excluding hydrogens is 619 g/mol. The zero-order valence-corrected chi connectivity index (χ0v) is 25.1. The summed E-state index contributed by atoms with van der Waals surface area (Å²) in [5.41, 5.74) is 8.12. The molecule has 1 saturated heterocycles. The number of aliphatic imine (C=N–C) groups is 1. The number of aromatic nitrogens is 1. The van der Waals surface area contributed by atoms with E-state index in [4.69, 9.17) is 14.9 Å². The highest BCUT2D eigenvalue weighted by atomic mass is 32.2. The number of alkyl halides is 3. The number of rotatable bonds is 11. The normalized spacial score (nSPS) is 20.2. The minimum absolute atomic E-state index is 0.170. The Labute approximate surface area is 258 Å². The van der Waals surface area contributed by atoms with Crippen LogP contribution in [0.1, 0.15) is 35.1 Å². The zero-order valence-electron chi connectivity index (χ0n) is 24.2. The van der Waals surface area contributed by atoms with Crippen LogP contribution < -0.4 is 10.5 Å². The van der Waals surface area contributed by atoms with Crippen molar-refractivity contribution in [1.82, 2.24) is 4.98 Å². The number of nitroso groups, excluding NO2 is 1. The fourth-order valence-corrected chi connectivity index (χ4v) is 5.69. The van der Waals surface area contributed by atoms with Crippen molar-refractivity contribution in [2.24, 2.45) is 15.9 Å². The number of hydrogen-bond donors (Lipinski definition) is 1. The lowest BCUT2D eigenvalue weighted by molar-refractivity contribution is -0.0521. The molecule has 2 unspecified atom stereocenters. The Hall–Kier alpha value is -4.30. The molecule has 2 N–H and O–H groups in total. The molecule has 0 amide bonds. The second kappa shape index (κ2) is 13.0. The third-order valence-corrected chi connectivity index (χ3v) is 8.12. The Balaban J connectivity index is 1.65. The van der Waals surface area contributed by atoms with Gasteiger partial charge in [-0.05, 0) is 54.6 Å². The lowest BCUT2D eigenvalue weighted by atomic mass is 9.82. The van der Waals surface area contributed by atoms with Crippen molar-refractivity contribution in [3.05, 3.63) is 99.1 Å². The number of hydrogen-bond acceptors (Lipinski definition) is 9. The van der Waals surface area contributed by atoms with Crippen molar-refractivity contribution in [2.45, 2.75) is 43.2 Å². The number of aryl methyl sites for hydroxylation is 1. The van der Waals surface area contributed by atoms with Crippen molar-refractivity contribution >= 4 is 23.0 Å². The number of ether oxygens (including phenoxy) is 2. The van der Waals surface area contributed by atoms with E-state index in [-0.39, 0.29) is 53.0 Å². The highest BCUT2D eigenvalue weighted by Crippen LogP contribution is 2.43. The van der Waals surface area contributed by atoms with Crippen LogP contribution in [-0.2, 0) is 11.3 Å². The van der Waals surface area contributed by atoms with Gasteiger partial charge < -0.3 is 19.6 Å². The van der Waals surface area contributed by atoms with Crippen LogP contribution in [0.25, 0.3) is 16.8 Å². The number of epoxide rings is 1. The van der Waals surface area contributed by atoms with Crippen LogP contribution in [0.4, 0.5) is 22.0 Å². The summed E-state index contributed by atoms with van der Waals surface area (Å²) in [6.45, 7) is -2.16. The standard InChI is InChI=1S/C31H27F5N4O4S/c1-15-40-28(17-5-7-25(23(33)9-17)44-30(34)35)29(43-15)20-8-16(18-10-22(32)21(13-39-41)26(11-18)45-3)4-6-19(20)24(38-2)12-27(37)31(36)14-42-31/h5-12,16,30H,4,13-14,37H2,1-3H3. The summed E-state index contributed by atoms with van der Waals surface area (Å²) < 4.78 is 85.1. The second-order valence-electron chi connectivity index (χ2n) is 10.2. The van der Waals surface area contributed by atoms with Gasteiger partial charge in [0.25, 0.3) is 5.85 Å². The SMILES string of the molecule is CN=C(C=C(N)C1(F)CO1)C1=CCC(c2cc(F)c(CN=O)c(SC)c2)C=C1c1oc(C)nc1-c1ccc(OC(F)F)c(F)c1. The summed E-state index contributed by atoms with van der Waals surface area (Å²) in [6, 6.07) is 6.52. The van der Waals surface area contributed by atoms with Crippen molar-refractivity contribution in [3.63, 3.8) is 0 Å². The number of thioether (sulfide) groups is 1. The van der Waals surface area contributed by atoms with Crippen molar-refractivity contribution < 1.29 is 35.8 Å². The van der Waals surface area contributed by atoms with Crippen LogP contribution in [0.5, 0.6) is 5.75 Å². The van der Waals surface area contributed by atoms with Crippen LogP contribution in [0.3, 0.4) is 0 Å². The lowest BCUT2D eigenvalue weighted by Crippen LogP contribution is -2.19. The zero-order chi connectivity index (χ0) is 32.5. The smallest absolute Gasteiger partial charge is 0.387 e. The summed E-state index contributed by atoms with van der Waals surface area (Å²) in [4.78, 5) is 20.2. The third-order valence-electron chi connectivity index (χ3n) is 7.32. The number of benzene rings is 2. The molecular formula is C31H27F5N4O4S. The fourth-order valence-electron chi connectivity index (χ4n) is 5.02. The monoisotopic (exact) mass is 646 g/mol. The molecule has 3 aromatic rings. The highest BCUT2D eigenvalue weighted by Gasteiger charge is 2.48. The highest BCUT2D eigenvalue weighted by molar-refractivity contribution is 7.98. The number of allylic oxidation sites excluding steroid dienone is 5. The second-order valence-corrected chi connectivity index (χ2v) is 11.0. The molecule has 0 saturated carbocycles. The Kier molecular flexibility index (Phi) is 9.26. The predicted molar refractivity (Wildman–Crippen MR) is 160 cm³/mol. The molecule has 0 spiro atoms. The minimum Gasteiger partial charge on any atom is -0.440 e. The number of nitrogens with zero attached hydrogens (tertiary/aromatic N) is 3. The molecule has 2 heterocycles. The van der Waals surface area contributed by atoms with Crippen molar-refractivity contribution in [2.75, 3.05) is 19.9 Å². The topological polar surface area (TPSA) is 116 Å². The maximum atomic E-state index is 15.2. The molecule has 8 nitrogen and oxygen atoms in total. The van der Waals surface area contributed by atoms with Crippen LogP contribution >= 0.6 is 11.8 Å². The van der Waals surface area contributed by atoms with Gasteiger partial charge in [-0.25, -0.2) is 18.2 Å². The van der Waals surface area contributed by atoms with E-state index >= 15 is 4.39 Å². The summed E-state index contributed by atoms with van der Waals surface area (Å²) in [5.74, 6) is -4.41. The van der Waals surface area contributed by atoms with Crippen molar-refractivity contribution in [1.29, 1.82) is 0 Å². The van der Waals surface area contributed by atoms with Gasteiger partial charge in [0, 0.05) is 47.1 Å². The number of nitrogens with two attached hydrogens (primary N) is 1. The molecule has 0 radical (unpaired) electrons. The third kappa shape index (κ3) is 6.71. The van der Waals surface area contributed by atoms with E-state index < -0.39 is 35.8 Å². The van der Waals surface area contributed by atoms with E-state index in [0.29, 0.717) is 28.0 Å². The van der Waals surface area contributed by atoms with Gasteiger partial charge in [0.15, 0.2) is 23.2 Å². The van der Waals surface area contributed by atoms with Crippen LogP contribution in [0, 0.1) is 23.5 Å². The van der Waals surface area contributed by atoms with Crippen molar-refractivity contribution in [3.8, 4) is 17.0 Å². The van der Waals surface area contributed by atoms with Crippen LogP contribution in [0.15, 0.2) is 79.3 Å². The first-order valence-electron chi connectivity index (χ1n) is 13.6. The molecule has 2 aromatic carbocycles. The largest absolute Gasteiger partial charge is 0.440 e. The summed E-state index contributed by atoms with van der Waals surface area (Å²) in [5, 5.41) is 2.84. The first-order chi connectivity index (χ1) is 21.5. The molecule has 1 aliphatic carbocycles. The quantitative estimate of drug-likeness (QED) is 0.0749. The van der Waals surface area contributed by atoms with Gasteiger partial charge in [-0.3, -0.25) is 4.99 Å². The average Bonchev–Trinajstić information content (AvgIpc) is 3.65. The van der Waals surface area contributed by atoms with Crippen LogP contribution in [-0.4, -0.2) is 43.1 Å². The van der Waals surface area contributed by atoms with Crippen LogP contribution in [0.2, 0.25) is 0 Å². The molecule has 14 heteroatoms. The average molecular weight is 647 g/mol. The summed E-state index contributed by atoms with van der Waals surface area (Å²) in [6.07, 6.45) is 7.07. The van der Waals surface area contributed by atoms with Gasteiger partial charge in [-0.2, -0.15) is 13.7 Å². The van der Waals surface area contributed by atoms with E-state index in [2.05, 4.69) is 19.9 Å². The molecule has 45 heavy (non-hydrogen) atoms. The number of oxazole rings is 1. The van der Waals surface area contributed by atoms with E-state index in [9.17, 15) is 22.5 Å². The summed E-state index contributed by atoms with van der Waals surface area (Å²) in [7, 11) is 1.49. The Morgan fingerprint density at radius 1 is 1.27 bits per heavy atom. The van der Waals surface area contributed by atoms with Gasteiger partial charge in [0.1, 0.15) is 24.7 Å². The van der Waals surface area contributed by atoms with Gasteiger partial charge in [-0.15, -0.1) is 11.8 Å². The lowest BCUT2D eigenvalue weighted by Gasteiger charge is -2.23. The first kappa shape index (κ1) is 32.1. The fraction of sp³-hybridized carbons (Fsp3) is 0.290. The van der Waals surface area contributed by atoms with E-state index in [1.165, 1.54) is 37.0 Å². The summed E-state index contributed by atoms with van der Waals surface area (Å²) >= 11 is 1.27. The Bertz CT molecular complexity index is 1760. The minimum atomic E-state index is -3.22. The molecule has 1 aromatic heterocycles. The van der Waals surface area contributed by atoms with Gasteiger partial charge >= 0.3 is 6.61 Å². The maximum absolute atomic E-state index is 15.2. The first-order valence-corrected chi connectivity index (χ1v) is 14.8. The Morgan fingerprint density at radius 3 is 2.64 bits per heavy atom. The molecule has 2 atom stereocenters. The van der Waals surface area contributed by atoms with E-state index in [0.717, 1.165) is 12.1 Å². The molecule has 1 aliphatic heterocycles. The molecule has 5 rings (SSSR count). The maximum Gasteiger partial charge on any atom is 0.387 e.